The molecule has 0 aromatic heterocycles. The fourth-order valence-corrected chi connectivity index (χ4v) is 1.47. The molecule has 1 saturated heterocycles. The van der Waals surface area contributed by atoms with Crippen LogP contribution in [0.1, 0.15) is 26.2 Å². The number of hydrogen-bond donors (Lipinski definition) is 2. The third-order valence-corrected chi connectivity index (χ3v) is 2.18. The maximum absolute atomic E-state index is 9.91. The van der Waals surface area contributed by atoms with E-state index in [0.717, 1.165) is 32.4 Å². The molecular weight excluding hydrogens is 154 g/mol. The highest BCUT2D eigenvalue weighted by Gasteiger charge is 2.29. The topological polar surface area (TPSA) is 41.5 Å². The van der Waals surface area contributed by atoms with E-state index in [1.807, 2.05) is 0 Å². The van der Waals surface area contributed by atoms with E-state index < -0.39 is 5.60 Å². The van der Waals surface area contributed by atoms with E-state index in [2.05, 4.69) is 12.2 Å². The van der Waals surface area contributed by atoms with Gasteiger partial charge < -0.3 is 15.2 Å². The van der Waals surface area contributed by atoms with Crippen LogP contribution < -0.4 is 5.32 Å². The number of nitrogens with one attached hydrogen (secondary N) is 1. The van der Waals surface area contributed by atoms with Gasteiger partial charge in [-0.2, -0.15) is 0 Å². The quantitative estimate of drug-likeness (QED) is 0.609. The van der Waals surface area contributed by atoms with Crippen molar-refractivity contribution in [2.45, 2.75) is 31.8 Å². The number of rotatable bonds is 4. The lowest BCUT2D eigenvalue weighted by Crippen LogP contribution is -2.47. The van der Waals surface area contributed by atoms with Gasteiger partial charge in [0.2, 0.25) is 0 Å². The molecule has 0 saturated carbocycles. The Morgan fingerprint density at radius 3 is 3.00 bits per heavy atom. The Hall–Kier alpha value is -0.120. The normalized spacial score (nSPS) is 30.5. The van der Waals surface area contributed by atoms with E-state index in [1.165, 1.54) is 0 Å². The molecular formula is C9H19NO2. The van der Waals surface area contributed by atoms with Crippen molar-refractivity contribution in [1.82, 2.24) is 5.32 Å². The zero-order chi connectivity index (χ0) is 8.86. The van der Waals surface area contributed by atoms with E-state index in [-0.39, 0.29) is 0 Å². The van der Waals surface area contributed by atoms with Crippen LogP contribution >= 0.6 is 0 Å². The van der Waals surface area contributed by atoms with Gasteiger partial charge in [-0.1, -0.05) is 6.92 Å². The van der Waals surface area contributed by atoms with Crippen LogP contribution in [0.5, 0.6) is 0 Å². The molecule has 0 radical (unpaired) electrons. The number of aliphatic hydroxyl groups is 1. The number of hydrogen-bond acceptors (Lipinski definition) is 3. The molecule has 2 N–H and O–H groups in total. The predicted molar refractivity (Wildman–Crippen MR) is 48.2 cm³/mol. The summed E-state index contributed by atoms with van der Waals surface area (Å²) >= 11 is 0. The lowest BCUT2D eigenvalue weighted by molar-refractivity contribution is -0.0831. The van der Waals surface area contributed by atoms with Gasteiger partial charge in [0, 0.05) is 13.2 Å². The third kappa shape index (κ3) is 3.09. The molecule has 1 fully saturated rings. The molecule has 3 nitrogen and oxygen atoms in total. The molecule has 1 aliphatic heterocycles. The molecule has 12 heavy (non-hydrogen) atoms. The van der Waals surface area contributed by atoms with Crippen LogP contribution in [0.15, 0.2) is 0 Å². The highest BCUT2D eigenvalue weighted by molar-refractivity contribution is 4.83. The molecule has 1 rings (SSSR count). The summed E-state index contributed by atoms with van der Waals surface area (Å²) in [5, 5.41) is 13.1. The molecule has 0 amide bonds. The Balaban J connectivity index is 2.17. The average molecular weight is 173 g/mol. The first-order chi connectivity index (χ1) is 5.77. The minimum absolute atomic E-state index is 0.490. The highest BCUT2D eigenvalue weighted by Crippen LogP contribution is 2.17. The molecule has 1 unspecified atom stereocenters. The van der Waals surface area contributed by atoms with Gasteiger partial charge in [0.1, 0.15) is 5.60 Å². The summed E-state index contributed by atoms with van der Waals surface area (Å²) in [7, 11) is 0. The Morgan fingerprint density at radius 2 is 2.42 bits per heavy atom. The summed E-state index contributed by atoms with van der Waals surface area (Å²) in [5.41, 5.74) is -0.604. The van der Waals surface area contributed by atoms with Gasteiger partial charge in [-0.05, 0) is 25.8 Å². The zero-order valence-corrected chi connectivity index (χ0v) is 7.81. The summed E-state index contributed by atoms with van der Waals surface area (Å²) in [6, 6.07) is 0. The van der Waals surface area contributed by atoms with Crippen LogP contribution in [0.25, 0.3) is 0 Å². The second-order valence-electron chi connectivity index (χ2n) is 3.56. The van der Waals surface area contributed by atoms with Crippen molar-refractivity contribution >= 4 is 0 Å². The van der Waals surface area contributed by atoms with Crippen LogP contribution in [0.2, 0.25) is 0 Å². The van der Waals surface area contributed by atoms with Gasteiger partial charge in [-0.15, -0.1) is 0 Å². The maximum Gasteiger partial charge on any atom is 0.100 e. The highest BCUT2D eigenvalue weighted by atomic mass is 16.5. The van der Waals surface area contributed by atoms with Crippen molar-refractivity contribution in [3.05, 3.63) is 0 Å². The van der Waals surface area contributed by atoms with Gasteiger partial charge in [-0.25, -0.2) is 0 Å². The van der Waals surface area contributed by atoms with Crippen LogP contribution in [0, 0.1) is 0 Å². The Labute approximate surface area is 74.1 Å². The van der Waals surface area contributed by atoms with E-state index >= 15 is 0 Å². The first kappa shape index (κ1) is 9.96. The SMILES string of the molecule is CCCNCC1(O)CCCOC1. The molecule has 0 aromatic rings. The van der Waals surface area contributed by atoms with Crippen molar-refractivity contribution in [3.63, 3.8) is 0 Å². The van der Waals surface area contributed by atoms with Crippen molar-refractivity contribution in [1.29, 1.82) is 0 Å². The van der Waals surface area contributed by atoms with Gasteiger partial charge in [0.15, 0.2) is 0 Å². The van der Waals surface area contributed by atoms with Crippen LogP contribution in [-0.2, 0) is 4.74 Å². The lowest BCUT2D eigenvalue weighted by atomic mass is 9.97. The summed E-state index contributed by atoms with van der Waals surface area (Å²) < 4.78 is 5.23. The van der Waals surface area contributed by atoms with Gasteiger partial charge >= 0.3 is 0 Å². The second kappa shape index (κ2) is 4.80. The van der Waals surface area contributed by atoms with Gasteiger partial charge in [0.25, 0.3) is 0 Å². The first-order valence-electron chi connectivity index (χ1n) is 4.78. The lowest BCUT2D eigenvalue weighted by Gasteiger charge is -2.32. The molecule has 0 bridgehead atoms. The van der Waals surface area contributed by atoms with Crippen LogP contribution in [0.4, 0.5) is 0 Å². The zero-order valence-electron chi connectivity index (χ0n) is 7.81. The van der Waals surface area contributed by atoms with Gasteiger partial charge in [-0.3, -0.25) is 0 Å². The van der Waals surface area contributed by atoms with E-state index in [0.29, 0.717) is 13.2 Å². The smallest absolute Gasteiger partial charge is 0.100 e. The van der Waals surface area contributed by atoms with Crippen LogP contribution in [-0.4, -0.2) is 37.0 Å². The third-order valence-electron chi connectivity index (χ3n) is 2.18. The van der Waals surface area contributed by atoms with Crippen molar-refractivity contribution in [2.75, 3.05) is 26.3 Å². The Morgan fingerprint density at radius 1 is 1.58 bits per heavy atom. The molecule has 1 heterocycles. The molecule has 0 aromatic carbocycles. The summed E-state index contributed by atoms with van der Waals surface area (Å²) in [4.78, 5) is 0. The Bertz CT molecular complexity index is 122. The average Bonchev–Trinajstić information content (AvgIpc) is 2.06. The Kier molecular flexibility index (Phi) is 3.98. The van der Waals surface area contributed by atoms with E-state index in [4.69, 9.17) is 4.74 Å². The van der Waals surface area contributed by atoms with Crippen molar-refractivity contribution in [3.8, 4) is 0 Å². The second-order valence-corrected chi connectivity index (χ2v) is 3.56. The monoisotopic (exact) mass is 173 g/mol. The summed E-state index contributed by atoms with van der Waals surface area (Å²) in [5.74, 6) is 0. The molecule has 0 spiro atoms. The van der Waals surface area contributed by atoms with Crippen LogP contribution in [0.3, 0.4) is 0 Å². The maximum atomic E-state index is 9.91. The first-order valence-corrected chi connectivity index (χ1v) is 4.78. The minimum atomic E-state index is -0.604. The standard InChI is InChI=1S/C9H19NO2/c1-2-5-10-7-9(11)4-3-6-12-8-9/h10-11H,2-8H2,1H3. The summed E-state index contributed by atoms with van der Waals surface area (Å²) in [6.45, 7) is 5.05. The predicted octanol–water partition coefficient (Wildman–Crippen LogP) is 0.527. The number of ether oxygens (including phenoxy) is 1. The fourth-order valence-electron chi connectivity index (χ4n) is 1.47. The van der Waals surface area contributed by atoms with E-state index in [1.54, 1.807) is 0 Å². The summed E-state index contributed by atoms with van der Waals surface area (Å²) in [6.07, 6.45) is 2.95. The minimum Gasteiger partial charge on any atom is -0.386 e. The molecule has 3 heteroatoms. The fraction of sp³-hybridized carbons (Fsp3) is 1.00. The molecule has 1 atom stereocenters. The molecule has 72 valence electrons. The molecule has 0 aliphatic carbocycles. The van der Waals surface area contributed by atoms with Gasteiger partial charge in [0.05, 0.1) is 6.61 Å². The van der Waals surface area contributed by atoms with Crippen molar-refractivity contribution < 1.29 is 9.84 Å². The molecule has 1 aliphatic rings. The van der Waals surface area contributed by atoms with E-state index in [9.17, 15) is 5.11 Å². The largest absolute Gasteiger partial charge is 0.386 e. The van der Waals surface area contributed by atoms with Crippen molar-refractivity contribution in [2.24, 2.45) is 0 Å².